The number of hydrogen-bond donors (Lipinski definition) is 5. The van der Waals surface area contributed by atoms with Gasteiger partial charge >= 0.3 is 0 Å². The number of carbonyl (C=O) groups is 1. The van der Waals surface area contributed by atoms with E-state index in [0.29, 0.717) is 35.6 Å². The Bertz CT molecular complexity index is 1660. The van der Waals surface area contributed by atoms with E-state index in [2.05, 4.69) is 31.2 Å². The third kappa shape index (κ3) is 6.48. The molecule has 5 N–H and O–H groups in total. The average molecular weight is 574 g/mol. The Balaban J connectivity index is 1.04. The standard InChI is InChI=1S/C28H28FN9O2S/c1-17-13-25(35-34-17)32-27-23-3-2-12-38(23)36-28(33-27)41-21-10-8-20(9-11-21)31-26(40)16-37-14-22(24(39)15-37)30-19-6-4-18(29)5-7-19/h2-13,22,24,30,39H,14-16H2,1H3,(H,31,40)(H2,32,33,34,35,36)/t22-,24-/m0/s1. The van der Waals surface area contributed by atoms with Crippen molar-refractivity contribution in [1.82, 2.24) is 29.7 Å². The van der Waals surface area contributed by atoms with Gasteiger partial charge in [-0.15, -0.1) is 5.10 Å². The summed E-state index contributed by atoms with van der Waals surface area (Å²) in [5.41, 5.74) is 3.16. The number of hydrogen-bond acceptors (Lipinski definition) is 9. The Labute approximate surface area is 239 Å². The molecule has 2 atom stereocenters. The number of anilines is 4. The van der Waals surface area contributed by atoms with E-state index in [1.807, 2.05) is 60.5 Å². The van der Waals surface area contributed by atoms with Crippen LogP contribution in [0.15, 0.2) is 83.0 Å². The number of aliphatic hydroxyl groups excluding tert-OH is 1. The number of benzene rings is 2. The van der Waals surface area contributed by atoms with E-state index in [-0.39, 0.29) is 24.3 Å². The second-order valence-corrected chi connectivity index (χ2v) is 10.9. The van der Waals surface area contributed by atoms with Crippen molar-refractivity contribution in [3.05, 3.63) is 84.4 Å². The van der Waals surface area contributed by atoms with Gasteiger partial charge in [0.1, 0.15) is 11.3 Å². The van der Waals surface area contributed by atoms with Gasteiger partial charge in [0.2, 0.25) is 11.1 Å². The highest BCUT2D eigenvalue weighted by Crippen LogP contribution is 2.29. The lowest BCUT2D eigenvalue weighted by atomic mass is 10.2. The lowest BCUT2D eigenvalue weighted by Gasteiger charge is -2.17. The highest BCUT2D eigenvalue weighted by molar-refractivity contribution is 7.99. The Morgan fingerprint density at radius 3 is 2.66 bits per heavy atom. The van der Waals surface area contributed by atoms with Gasteiger partial charge in [-0.2, -0.15) is 5.10 Å². The summed E-state index contributed by atoms with van der Waals surface area (Å²) in [5, 5.41) is 32.1. The fraction of sp³-hybridized carbons (Fsp3) is 0.214. The van der Waals surface area contributed by atoms with Gasteiger partial charge in [-0.05, 0) is 79.3 Å². The molecule has 1 aliphatic heterocycles. The van der Waals surface area contributed by atoms with Crippen molar-refractivity contribution in [2.75, 3.05) is 35.6 Å². The fourth-order valence-electron chi connectivity index (χ4n) is 4.67. The maximum absolute atomic E-state index is 13.2. The molecule has 41 heavy (non-hydrogen) atoms. The summed E-state index contributed by atoms with van der Waals surface area (Å²) in [6.07, 6.45) is 1.22. The summed E-state index contributed by atoms with van der Waals surface area (Å²) < 4.78 is 14.9. The summed E-state index contributed by atoms with van der Waals surface area (Å²) in [5.74, 6) is 0.820. The minimum atomic E-state index is -0.642. The molecule has 1 saturated heterocycles. The lowest BCUT2D eigenvalue weighted by Crippen LogP contribution is -2.33. The van der Waals surface area contributed by atoms with Gasteiger partial charge in [0.15, 0.2) is 11.6 Å². The number of H-pyrrole nitrogens is 1. The van der Waals surface area contributed by atoms with Gasteiger partial charge in [0.05, 0.1) is 18.7 Å². The average Bonchev–Trinajstić information content (AvgIpc) is 3.67. The summed E-state index contributed by atoms with van der Waals surface area (Å²) in [7, 11) is 0. The van der Waals surface area contributed by atoms with Crippen molar-refractivity contribution < 1.29 is 14.3 Å². The number of likely N-dealkylation sites (tertiary alicyclic amines) is 1. The number of nitrogens with zero attached hydrogens (tertiary/aromatic N) is 5. The molecular formula is C28H28FN9O2S. The maximum atomic E-state index is 13.2. The minimum Gasteiger partial charge on any atom is -0.390 e. The van der Waals surface area contributed by atoms with E-state index in [1.165, 1.54) is 23.9 Å². The molecule has 11 nitrogen and oxygen atoms in total. The van der Waals surface area contributed by atoms with Gasteiger partial charge in [-0.1, -0.05) is 0 Å². The molecule has 210 valence electrons. The van der Waals surface area contributed by atoms with Crippen LogP contribution >= 0.6 is 11.8 Å². The zero-order chi connectivity index (χ0) is 28.3. The van der Waals surface area contributed by atoms with E-state index in [9.17, 15) is 14.3 Å². The molecule has 1 fully saturated rings. The number of halogens is 1. The molecule has 0 radical (unpaired) electrons. The van der Waals surface area contributed by atoms with Gasteiger partial charge in [0, 0.05) is 47.3 Å². The highest BCUT2D eigenvalue weighted by atomic mass is 32.2. The zero-order valence-corrected chi connectivity index (χ0v) is 22.9. The Hall–Kier alpha value is -4.46. The predicted molar refractivity (Wildman–Crippen MR) is 155 cm³/mol. The number of nitrogens with one attached hydrogen (secondary N) is 4. The fourth-order valence-corrected chi connectivity index (χ4v) is 5.41. The smallest absolute Gasteiger partial charge is 0.238 e. The topological polar surface area (TPSA) is 136 Å². The summed E-state index contributed by atoms with van der Waals surface area (Å²) >= 11 is 1.40. The van der Waals surface area contributed by atoms with Crippen LogP contribution in [0.5, 0.6) is 0 Å². The molecule has 1 amide bonds. The first-order valence-electron chi connectivity index (χ1n) is 13.0. The van der Waals surface area contributed by atoms with Crippen molar-refractivity contribution in [3.8, 4) is 0 Å². The lowest BCUT2D eigenvalue weighted by molar-refractivity contribution is -0.117. The number of rotatable bonds is 9. The highest BCUT2D eigenvalue weighted by Gasteiger charge is 2.32. The van der Waals surface area contributed by atoms with Crippen molar-refractivity contribution in [2.45, 2.75) is 29.1 Å². The third-order valence-corrected chi connectivity index (χ3v) is 7.46. The van der Waals surface area contributed by atoms with Crippen LogP contribution in [-0.4, -0.2) is 72.5 Å². The van der Waals surface area contributed by atoms with E-state index >= 15 is 0 Å². The Kier molecular flexibility index (Phi) is 7.55. The van der Waals surface area contributed by atoms with Crippen LogP contribution in [-0.2, 0) is 4.79 Å². The van der Waals surface area contributed by atoms with Crippen LogP contribution in [0, 0.1) is 12.7 Å². The first-order chi connectivity index (χ1) is 19.9. The number of aromatic amines is 1. The molecule has 2 aromatic carbocycles. The minimum absolute atomic E-state index is 0.144. The van der Waals surface area contributed by atoms with E-state index in [1.54, 1.807) is 16.6 Å². The van der Waals surface area contributed by atoms with Crippen molar-refractivity contribution in [2.24, 2.45) is 0 Å². The molecule has 6 rings (SSSR count). The Morgan fingerprint density at radius 2 is 1.90 bits per heavy atom. The van der Waals surface area contributed by atoms with Gasteiger partial charge in [0.25, 0.3) is 0 Å². The molecule has 0 spiro atoms. The van der Waals surface area contributed by atoms with E-state index in [4.69, 9.17) is 4.98 Å². The SMILES string of the molecule is Cc1cc(Nc2nc(Sc3ccc(NC(=O)CN4C[C@H](Nc5ccc(F)cc5)[C@@H](O)C4)cc3)nn3cccc23)n[nH]1. The number of aliphatic hydroxyl groups is 1. The molecule has 5 aromatic rings. The normalized spacial score (nSPS) is 17.1. The van der Waals surface area contributed by atoms with Crippen LogP contribution in [0.1, 0.15) is 5.69 Å². The zero-order valence-electron chi connectivity index (χ0n) is 22.1. The second-order valence-electron chi connectivity index (χ2n) is 9.84. The molecule has 3 aromatic heterocycles. The molecule has 1 aliphatic rings. The first kappa shape index (κ1) is 26.7. The van der Waals surface area contributed by atoms with Crippen molar-refractivity contribution in [1.29, 1.82) is 0 Å². The van der Waals surface area contributed by atoms with Gasteiger partial charge in [-0.3, -0.25) is 14.8 Å². The van der Waals surface area contributed by atoms with Crippen molar-refractivity contribution >= 4 is 46.2 Å². The van der Waals surface area contributed by atoms with Gasteiger partial charge in [-0.25, -0.2) is 13.9 Å². The molecule has 0 saturated carbocycles. The molecule has 0 aliphatic carbocycles. The largest absolute Gasteiger partial charge is 0.390 e. The number of fused-ring (bicyclic) bond motifs is 1. The molecule has 4 heterocycles. The van der Waals surface area contributed by atoms with Crippen LogP contribution in [0.4, 0.5) is 27.4 Å². The number of carbonyl (C=O) groups excluding carboxylic acids is 1. The van der Waals surface area contributed by atoms with E-state index in [0.717, 1.165) is 21.8 Å². The maximum Gasteiger partial charge on any atom is 0.238 e. The van der Waals surface area contributed by atoms with Crippen LogP contribution in [0.2, 0.25) is 0 Å². The Morgan fingerprint density at radius 1 is 1.12 bits per heavy atom. The number of aryl methyl sites for hydroxylation is 1. The third-order valence-electron chi connectivity index (χ3n) is 6.60. The number of β-amino-alcohol motifs (C(OH)–C–C–N with tert-alkyl or cyclic N) is 1. The second kappa shape index (κ2) is 11.6. The summed E-state index contributed by atoms with van der Waals surface area (Å²) in [6, 6.07) is 18.9. The number of aromatic nitrogens is 5. The molecule has 0 unspecified atom stereocenters. The van der Waals surface area contributed by atoms with Crippen molar-refractivity contribution in [3.63, 3.8) is 0 Å². The monoisotopic (exact) mass is 573 g/mol. The van der Waals surface area contributed by atoms with Crippen LogP contribution in [0.25, 0.3) is 5.52 Å². The first-order valence-corrected chi connectivity index (χ1v) is 13.8. The van der Waals surface area contributed by atoms with Crippen LogP contribution in [0.3, 0.4) is 0 Å². The molecule has 13 heteroatoms. The van der Waals surface area contributed by atoms with E-state index < -0.39 is 6.10 Å². The summed E-state index contributed by atoms with van der Waals surface area (Å²) in [4.78, 5) is 20.2. The summed E-state index contributed by atoms with van der Waals surface area (Å²) in [6.45, 7) is 2.93. The van der Waals surface area contributed by atoms with Crippen LogP contribution < -0.4 is 16.0 Å². The van der Waals surface area contributed by atoms with Gasteiger partial charge < -0.3 is 21.1 Å². The molecule has 0 bridgehead atoms. The molecular weight excluding hydrogens is 545 g/mol. The number of amides is 1. The quantitative estimate of drug-likeness (QED) is 0.178. The predicted octanol–water partition coefficient (Wildman–Crippen LogP) is 3.89.